The highest BCUT2D eigenvalue weighted by molar-refractivity contribution is 5.92. The van der Waals surface area contributed by atoms with E-state index in [4.69, 9.17) is 25.7 Å². The predicted molar refractivity (Wildman–Crippen MR) is 144 cm³/mol. The lowest BCUT2D eigenvalue weighted by atomic mass is 10.0. The fraction of sp³-hybridized carbons (Fsp3) is 0.241. The molecule has 8 nitrogen and oxygen atoms in total. The van der Waals surface area contributed by atoms with Crippen LogP contribution < -0.4 is 20.9 Å². The molecule has 3 aromatic carbocycles. The van der Waals surface area contributed by atoms with Gasteiger partial charge in [-0.05, 0) is 78.6 Å². The maximum atomic E-state index is 14.6. The number of benzene rings is 3. The first-order valence-electron chi connectivity index (χ1n) is 12.3. The highest BCUT2D eigenvalue weighted by Crippen LogP contribution is 2.32. The molecule has 0 heterocycles. The van der Waals surface area contributed by atoms with Gasteiger partial charge < -0.3 is 30.8 Å². The van der Waals surface area contributed by atoms with Crippen molar-refractivity contribution in [2.24, 2.45) is 0 Å². The Morgan fingerprint density at radius 3 is 2.25 bits per heavy atom. The summed E-state index contributed by atoms with van der Waals surface area (Å²) in [6.45, 7) is -0.261. The first-order chi connectivity index (χ1) is 19.1. The van der Waals surface area contributed by atoms with Crippen molar-refractivity contribution < 1.29 is 42.1 Å². The van der Waals surface area contributed by atoms with Crippen molar-refractivity contribution in [2.45, 2.75) is 25.4 Å². The number of nitrogen functional groups attached to an aromatic ring is 2. The number of aromatic carboxylic acids is 1. The van der Waals surface area contributed by atoms with Gasteiger partial charge in [-0.25, -0.2) is 9.59 Å². The largest absolute Gasteiger partial charge is 0.494 e. The number of hydrogen-bond donors (Lipinski definition) is 3. The minimum atomic E-state index is -3.61. The highest BCUT2D eigenvalue weighted by atomic mass is 19.3. The standard InChI is InChI=1S/C29H29F3N2O6/c30-14-1-2-15-38-22-10-6-20(7-11-22)29(31,32)40-23-8-3-19(4-9-23)5-12-27(35)39-16-13-24-25(28(36)37)17-21(33)18-26(24)34/h3-12,17-18H,1-2,13-16,33-34H2,(H,36,37). The maximum Gasteiger partial charge on any atom is 0.426 e. The number of rotatable bonds is 14. The Morgan fingerprint density at radius 2 is 1.60 bits per heavy atom. The minimum Gasteiger partial charge on any atom is -0.494 e. The number of hydrogen-bond acceptors (Lipinski definition) is 7. The van der Waals surface area contributed by atoms with Gasteiger partial charge in [-0.2, -0.15) is 8.78 Å². The number of carboxylic acids is 1. The molecule has 40 heavy (non-hydrogen) atoms. The number of anilines is 2. The normalized spacial score (nSPS) is 11.4. The zero-order valence-electron chi connectivity index (χ0n) is 21.4. The Labute approximate surface area is 229 Å². The van der Waals surface area contributed by atoms with Gasteiger partial charge in [0.15, 0.2) is 0 Å². The van der Waals surface area contributed by atoms with Crippen molar-refractivity contribution >= 4 is 29.4 Å². The van der Waals surface area contributed by atoms with Gasteiger partial charge in [0.05, 0.1) is 31.0 Å². The summed E-state index contributed by atoms with van der Waals surface area (Å²) in [5.41, 5.74) is 12.3. The van der Waals surface area contributed by atoms with Crippen LogP contribution in [0.2, 0.25) is 0 Å². The predicted octanol–water partition coefficient (Wildman–Crippen LogP) is 5.61. The second-order valence-electron chi connectivity index (χ2n) is 8.65. The van der Waals surface area contributed by atoms with Crippen LogP contribution in [0.5, 0.6) is 11.5 Å². The molecule has 0 saturated carbocycles. The van der Waals surface area contributed by atoms with Crippen LogP contribution in [0.15, 0.2) is 66.7 Å². The molecule has 0 aromatic heterocycles. The molecule has 0 aliphatic carbocycles. The average Bonchev–Trinajstić information content (AvgIpc) is 2.91. The lowest BCUT2D eigenvalue weighted by Crippen LogP contribution is -2.21. The van der Waals surface area contributed by atoms with E-state index in [1.807, 2.05) is 0 Å². The third kappa shape index (κ3) is 8.69. The zero-order chi connectivity index (χ0) is 29.1. The van der Waals surface area contributed by atoms with Gasteiger partial charge in [-0.3, -0.25) is 4.39 Å². The zero-order valence-corrected chi connectivity index (χ0v) is 21.4. The van der Waals surface area contributed by atoms with Crippen molar-refractivity contribution in [1.82, 2.24) is 0 Å². The maximum absolute atomic E-state index is 14.6. The fourth-order valence-electron chi connectivity index (χ4n) is 3.64. The van der Waals surface area contributed by atoms with Gasteiger partial charge >= 0.3 is 18.0 Å². The van der Waals surface area contributed by atoms with Crippen LogP contribution >= 0.6 is 0 Å². The summed E-state index contributed by atoms with van der Waals surface area (Å²) in [5.74, 6) is -1.58. The Morgan fingerprint density at radius 1 is 0.925 bits per heavy atom. The van der Waals surface area contributed by atoms with Crippen molar-refractivity contribution in [3.05, 3.63) is 89.0 Å². The molecule has 0 radical (unpaired) electrons. The van der Waals surface area contributed by atoms with E-state index in [9.17, 15) is 27.9 Å². The van der Waals surface area contributed by atoms with Gasteiger partial charge in [0, 0.05) is 23.9 Å². The lowest BCUT2D eigenvalue weighted by Gasteiger charge is -2.18. The van der Waals surface area contributed by atoms with E-state index in [1.54, 1.807) is 0 Å². The van der Waals surface area contributed by atoms with E-state index < -0.39 is 24.7 Å². The third-order valence-corrected chi connectivity index (χ3v) is 5.66. The van der Waals surface area contributed by atoms with Gasteiger partial charge in [0.2, 0.25) is 0 Å². The SMILES string of the molecule is Nc1cc(N)c(CCOC(=O)C=Cc2ccc(OC(F)(F)c3ccc(OCCCCF)cc3)cc2)c(C(=O)O)c1. The van der Waals surface area contributed by atoms with E-state index in [1.165, 1.54) is 66.7 Å². The molecule has 212 valence electrons. The summed E-state index contributed by atoms with van der Waals surface area (Å²) >= 11 is 0. The summed E-state index contributed by atoms with van der Waals surface area (Å²) in [5, 5.41) is 9.33. The first kappa shape index (κ1) is 29.9. The van der Waals surface area contributed by atoms with Crippen LogP contribution in [0.4, 0.5) is 24.5 Å². The molecule has 3 aromatic rings. The topological polar surface area (TPSA) is 134 Å². The number of esters is 1. The van der Waals surface area contributed by atoms with Crippen LogP contribution in [0, 0.1) is 0 Å². The molecule has 0 unspecified atom stereocenters. The van der Waals surface area contributed by atoms with E-state index in [-0.39, 0.29) is 41.3 Å². The molecule has 0 saturated heterocycles. The van der Waals surface area contributed by atoms with Gasteiger partial charge in [-0.15, -0.1) is 0 Å². The van der Waals surface area contributed by atoms with E-state index in [2.05, 4.69) is 0 Å². The molecule has 0 aliphatic heterocycles. The number of carbonyl (C=O) groups excluding carboxylic acids is 1. The Hall–Kier alpha value is -4.67. The van der Waals surface area contributed by atoms with Crippen LogP contribution in [0.25, 0.3) is 6.08 Å². The molecule has 11 heteroatoms. The first-order valence-corrected chi connectivity index (χ1v) is 12.3. The van der Waals surface area contributed by atoms with Crippen LogP contribution in [0.1, 0.15) is 39.9 Å². The number of carbonyl (C=O) groups is 2. The molecule has 0 spiro atoms. The molecular weight excluding hydrogens is 529 g/mol. The molecule has 0 atom stereocenters. The fourth-order valence-corrected chi connectivity index (χ4v) is 3.64. The number of carboxylic acid groups (broad SMARTS) is 1. The average molecular weight is 559 g/mol. The van der Waals surface area contributed by atoms with E-state index in [0.29, 0.717) is 36.3 Å². The quantitative estimate of drug-likeness (QED) is 0.101. The van der Waals surface area contributed by atoms with Crippen LogP contribution in [-0.2, 0) is 22.1 Å². The number of unbranched alkanes of at least 4 members (excludes halogenated alkanes) is 1. The Bertz CT molecular complexity index is 1330. The summed E-state index contributed by atoms with van der Waals surface area (Å²) in [6.07, 6.45) is -0.0564. The van der Waals surface area contributed by atoms with E-state index in [0.717, 1.165) is 6.08 Å². The number of halogens is 3. The molecule has 0 aliphatic rings. The van der Waals surface area contributed by atoms with Gasteiger partial charge in [0.1, 0.15) is 11.5 Å². The molecule has 3 rings (SSSR count). The minimum absolute atomic E-state index is 0.0652. The van der Waals surface area contributed by atoms with Crippen LogP contribution in [-0.4, -0.2) is 36.9 Å². The third-order valence-electron chi connectivity index (χ3n) is 5.66. The number of nitrogens with two attached hydrogens (primary N) is 2. The summed E-state index contributed by atoms with van der Waals surface area (Å²) in [4.78, 5) is 23.5. The summed E-state index contributed by atoms with van der Waals surface area (Å²) in [6, 6.07) is 13.5. The molecule has 5 N–H and O–H groups in total. The lowest BCUT2D eigenvalue weighted by molar-refractivity contribution is -0.185. The number of ether oxygens (including phenoxy) is 3. The van der Waals surface area contributed by atoms with Crippen molar-refractivity contribution in [2.75, 3.05) is 31.4 Å². The van der Waals surface area contributed by atoms with E-state index >= 15 is 0 Å². The second-order valence-corrected chi connectivity index (χ2v) is 8.65. The van der Waals surface area contributed by atoms with Crippen molar-refractivity contribution in [3.8, 4) is 11.5 Å². The molecule has 0 bridgehead atoms. The Kier molecular flexibility index (Phi) is 10.4. The highest BCUT2D eigenvalue weighted by Gasteiger charge is 2.34. The molecule has 0 fully saturated rings. The summed E-state index contributed by atoms with van der Waals surface area (Å²) < 4.78 is 56.7. The second kappa shape index (κ2) is 13.9. The molecular formula is C29H29F3N2O6. The monoisotopic (exact) mass is 558 g/mol. The Balaban J connectivity index is 1.51. The van der Waals surface area contributed by atoms with Gasteiger partial charge in [-0.1, -0.05) is 12.1 Å². The van der Waals surface area contributed by atoms with Crippen molar-refractivity contribution in [1.29, 1.82) is 0 Å². The van der Waals surface area contributed by atoms with Crippen LogP contribution in [0.3, 0.4) is 0 Å². The van der Waals surface area contributed by atoms with Gasteiger partial charge in [0.25, 0.3) is 0 Å². The smallest absolute Gasteiger partial charge is 0.426 e. The summed E-state index contributed by atoms with van der Waals surface area (Å²) in [7, 11) is 0. The van der Waals surface area contributed by atoms with Crippen molar-refractivity contribution in [3.63, 3.8) is 0 Å². The number of alkyl halides is 3. The molecule has 0 amide bonds.